The Morgan fingerprint density at radius 1 is 1.24 bits per heavy atom. The maximum atomic E-state index is 12.3. The van der Waals surface area contributed by atoms with E-state index >= 15 is 0 Å². The van der Waals surface area contributed by atoms with E-state index in [4.69, 9.17) is 16.3 Å². The summed E-state index contributed by atoms with van der Waals surface area (Å²) in [7, 11) is 0. The molecule has 1 fully saturated rings. The highest BCUT2D eigenvalue weighted by Crippen LogP contribution is 2.25. The molecule has 1 N–H and O–H groups in total. The zero-order chi connectivity index (χ0) is 15.1. The summed E-state index contributed by atoms with van der Waals surface area (Å²) in [6.45, 7) is 2.47. The third kappa shape index (κ3) is 4.92. The zero-order valence-electron chi connectivity index (χ0n) is 12.7. The molecule has 1 aromatic rings. The number of hydrogen-bond donors (Lipinski definition) is 1. The van der Waals surface area contributed by atoms with Gasteiger partial charge in [-0.05, 0) is 38.0 Å². The van der Waals surface area contributed by atoms with Crippen LogP contribution in [0.5, 0.6) is 5.75 Å². The summed E-state index contributed by atoms with van der Waals surface area (Å²) in [5.41, 5.74) is 0.602. The minimum absolute atomic E-state index is 0.0366. The van der Waals surface area contributed by atoms with Gasteiger partial charge in [-0.2, -0.15) is 0 Å². The van der Waals surface area contributed by atoms with E-state index in [1.807, 2.05) is 6.92 Å². The van der Waals surface area contributed by atoms with Crippen molar-refractivity contribution >= 4 is 17.5 Å². The largest absolute Gasteiger partial charge is 0.492 e. The molecular formula is C17H24ClNO2. The molecule has 116 valence electrons. The molecule has 0 bridgehead atoms. The number of rotatable bonds is 4. The number of carbonyl (C=O) groups excluding carboxylic acids is 1. The topological polar surface area (TPSA) is 38.3 Å². The Kier molecular flexibility index (Phi) is 6.37. The SMILES string of the molecule is CCOc1ccc(C(=O)NC2CCCCCCC2)cc1Cl. The number of benzene rings is 1. The molecule has 0 aliphatic heterocycles. The van der Waals surface area contributed by atoms with Gasteiger partial charge in [-0.1, -0.05) is 43.7 Å². The van der Waals surface area contributed by atoms with Crippen molar-refractivity contribution in [3.8, 4) is 5.75 Å². The average molecular weight is 310 g/mol. The van der Waals surface area contributed by atoms with Crippen molar-refractivity contribution in [3.05, 3.63) is 28.8 Å². The van der Waals surface area contributed by atoms with Gasteiger partial charge in [0, 0.05) is 11.6 Å². The highest BCUT2D eigenvalue weighted by Gasteiger charge is 2.16. The van der Waals surface area contributed by atoms with E-state index in [2.05, 4.69) is 5.32 Å². The van der Waals surface area contributed by atoms with Crippen LogP contribution in [-0.2, 0) is 0 Å². The van der Waals surface area contributed by atoms with Crippen LogP contribution in [0, 0.1) is 0 Å². The molecule has 0 atom stereocenters. The van der Waals surface area contributed by atoms with Gasteiger partial charge in [0.1, 0.15) is 5.75 Å². The van der Waals surface area contributed by atoms with Gasteiger partial charge in [-0.25, -0.2) is 0 Å². The Hall–Kier alpha value is -1.22. The summed E-state index contributed by atoms with van der Waals surface area (Å²) in [5.74, 6) is 0.590. The van der Waals surface area contributed by atoms with Crippen LogP contribution in [0.25, 0.3) is 0 Å². The molecular weight excluding hydrogens is 286 g/mol. The molecule has 0 spiro atoms. The molecule has 1 aliphatic rings. The third-order valence-corrected chi connectivity index (χ3v) is 4.23. The second-order valence-electron chi connectivity index (χ2n) is 5.59. The Morgan fingerprint density at radius 3 is 2.52 bits per heavy atom. The first-order chi connectivity index (χ1) is 10.2. The molecule has 0 aromatic heterocycles. The van der Waals surface area contributed by atoms with Crippen LogP contribution < -0.4 is 10.1 Å². The lowest BCUT2D eigenvalue weighted by Gasteiger charge is -2.21. The predicted molar refractivity (Wildman–Crippen MR) is 86.2 cm³/mol. The van der Waals surface area contributed by atoms with Gasteiger partial charge in [0.05, 0.1) is 11.6 Å². The third-order valence-electron chi connectivity index (χ3n) is 3.93. The van der Waals surface area contributed by atoms with Crippen molar-refractivity contribution in [3.63, 3.8) is 0 Å². The summed E-state index contributed by atoms with van der Waals surface area (Å²) < 4.78 is 5.39. The molecule has 0 radical (unpaired) electrons. The summed E-state index contributed by atoms with van der Waals surface area (Å²) in [5, 5.41) is 3.63. The summed E-state index contributed by atoms with van der Waals surface area (Å²) >= 11 is 6.14. The van der Waals surface area contributed by atoms with Gasteiger partial charge in [-0.3, -0.25) is 4.79 Å². The fourth-order valence-corrected chi connectivity index (χ4v) is 3.02. The van der Waals surface area contributed by atoms with E-state index in [1.54, 1.807) is 18.2 Å². The van der Waals surface area contributed by atoms with Crippen LogP contribution >= 0.6 is 11.6 Å². The molecule has 0 heterocycles. The van der Waals surface area contributed by atoms with Crippen molar-refractivity contribution in [1.29, 1.82) is 0 Å². The smallest absolute Gasteiger partial charge is 0.251 e. The second-order valence-corrected chi connectivity index (χ2v) is 6.00. The molecule has 1 saturated carbocycles. The highest BCUT2D eigenvalue weighted by atomic mass is 35.5. The predicted octanol–water partition coefficient (Wildman–Crippen LogP) is 4.58. The molecule has 4 heteroatoms. The molecule has 1 aliphatic carbocycles. The maximum absolute atomic E-state index is 12.3. The van der Waals surface area contributed by atoms with Crippen LogP contribution in [0.15, 0.2) is 18.2 Å². The fourth-order valence-electron chi connectivity index (χ4n) is 2.78. The Morgan fingerprint density at radius 2 is 1.90 bits per heavy atom. The van der Waals surface area contributed by atoms with Crippen molar-refractivity contribution in [2.45, 2.75) is 57.9 Å². The van der Waals surface area contributed by atoms with E-state index < -0.39 is 0 Å². The molecule has 0 unspecified atom stereocenters. The average Bonchev–Trinajstić information content (AvgIpc) is 2.44. The lowest BCUT2D eigenvalue weighted by Crippen LogP contribution is -2.35. The molecule has 1 aromatic carbocycles. The number of nitrogens with one attached hydrogen (secondary N) is 1. The number of ether oxygens (including phenoxy) is 1. The monoisotopic (exact) mass is 309 g/mol. The van der Waals surface area contributed by atoms with Crippen molar-refractivity contribution in [2.24, 2.45) is 0 Å². The fraction of sp³-hybridized carbons (Fsp3) is 0.588. The van der Waals surface area contributed by atoms with Gasteiger partial charge in [-0.15, -0.1) is 0 Å². The highest BCUT2D eigenvalue weighted by molar-refractivity contribution is 6.32. The van der Waals surface area contributed by atoms with Gasteiger partial charge >= 0.3 is 0 Å². The lowest BCUT2D eigenvalue weighted by atomic mass is 9.96. The quantitative estimate of drug-likeness (QED) is 0.884. The molecule has 1 amide bonds. The Labute approximate surface area is 132 Å². The van der Waals surface area contributed by atoms with Gasteiger partial charge in [0.15, 0.2) is 0 Å². The molecule has 2 rings (SSSR count). The summed E-state index contributed by atoms with van der Waals surface area (Å²) in [6.07, 6.45) is 8.45. The molecule has 3 nitrogen and oxygen atoms in total. The number of carbonyl (C=O) groups is 1. The van der Waals surface area contributed by atoms with Crippen molar-refractivity contribution in [1.82, 2.24) is 5.32 Å². The zero-order valence-corrected chi connectivity index (χ0v) is 13.4. The van der Waals surface area contributed by atoms with E-state index in [0.717, 1.165) is 12.8 Å². The van der Waals surface area contributed by atoms with Crippen LogP contribution in [0.3, 0.4) is 0 Å². The van der Waals surface area contributed by atoms with Crippen LogP contribution in [-0.4, -0.2) is 18.6 Å². The van der Waals surface area contributed by atoms with Crippen molar-refractivity contribution in [2.75, 3.05) is 6.61 Å². The normalized spacial score (nSPS) is 16.9. The van der Waals surface area contributed by atoms with Crippen LogP contribution in [0.2, 0.25) is 5.02 Å². The Bertz CT molecular complexity index is 468. The lowest BCUT2D eigenvalue weighted by molar-refractivity contribution is 0.0930. The first kappa shape index (κ1) is 16.2. The number of hydrogen-bond acceptors (Lipinski definition) is 2. The summed E-state index contributed by atoms with van der Waals surface area (Å²) in [6, 6.07) is 5.52. The Balaban J connectivity index is 1.97. The van der Waals surface area contributed by atoms with E-state index in [0.29, 0.717) is 29.0 Å². The van der Waals surface area contributed by atoms with Crippen LogP contribution in [0.1, 0.15) is 62.2 Å². The van der Waals surface area contributed by atoms with E-state index in [9.17, 15) is 4.79 Å². The minimum Gasteiger partial charge on any atom is -0.492 e. The van der Waals surface area contributed by atoms with E-state index in [1.165, 1.54) is 32.1 Å². The first-order valence-electron chi connectivity index (χ1n) is 7.94. The maximum Gasteiger partial charge on any atom is 0.251 e. The second kappa shape index (κ2) is 8.28. The van der Waals surface area contributed by atoms with Crippen LogP contribution in [0.4, 0.5) is 0 Å². The van der Waals surface area contributed by atoms with Gasteiger partial charge in [0.2, 0.25) is 0 Å². The molecule has 0 saturated heterocycles. The molecule has 21 heavy (non-hydrogen) atoms. The number of halogens is 1. The number of amides is 1. The first-order valence-corrected chi connectivity index (χ1v) is 8.31. The van der Waals surface area contributed by atoms with Gasteiger partial charge < -0.3 is 10.1 Å². The summed E-state index contributed by atoms with van der Waals surface area (Å²) in [4.78, 5) is 12.3. The van der Waals surface area contributed by atoms with Gasteiger partial charge in [0.25, 0.3) is 5.91 Å². The minimum atomic E-state index is -0.0366. The van der Waals surface area contributed by atoms with Crippen molar-refractivity contribution < 1.29 is 9.53 Å². The van der Waals surface area contributed by atoms with E-state index in [-0.39, 0.29) is 5.91 Å². The standard InChI is InChI=1S/C17H24ClNO2/c1-2-21-16-11-10-13(12-15(16)18)17(20)19-14-8-6-4-3-5-7-9-14/h10-12,14H,2-9H2,1H3,(H,19,20).